The summed E-state index contributed by atoms with van der Waals surface area (Å²) in [6.45, 7) is 15.0. The summed E-state index contributed by atoms with van der Waals surface area (Å²) in [5, 5.41) is 75.9. The maximum atomic E-state index is 14.0. The maximum absolute atomic E-state index is 14.0. The van der Waals surface area contributed by atoms with Crippen LogP contribution in [-0.4, -0.2) is 128 Å². The molecule has 54 heavy (non-hydrogen) atoms. The minimum atomic E-state index is -1.60. The van der Waals surface area contributed by atoms with Crippen LogP contribution in [0, 0.1) is 50.2 Å². The van der Waals surface area contributed by atoms with E-state index in [0.29, 0.717) is 25.7 Å². The molecule has 13 nitrogen and oxygen atoms in total. The van der Waals surface area contributed by atoms with E-state index in [4.69, 9.17) is 23.7 Å². The van der Waals surface area contributed by atoms with Gasteiger partial charge in [0.15, 0.2) is 12.6 Å². The average molecular weight is 767 g/mol. The smallest absolute Gasteiger partial charge is 0.313 e. The molecule has 8 rings (SSSR count). The number of carbonyl (C=O) groups is 1. The van der Waals surface area contributed by atoms with Crippen molar-refractivity contribution in [2.45, 2.75) is 186 Å². The quantitative estimate of drug-likeness (QED) is 0.159. The Balaban J connectivity index is 1.06. The highest BCUT2D eigenvalue weighted by Crippen LogP contribution is 2.80. The average Bonchev–Trinajstić information content (AvgIpc) is 3.31. The fourth-order valence-corrected chi connectivity index (χ4v) is 14.6. The third-order valence-corrected chi connectivity index (χ3v) is 18.1. The summed E-state index contributed by atoms with van der Waals surface area (Å²) in [5.74, 6) is 0.0359. The molecule has 2 bridgehead atoms. The molecule has 0 aromatic rings. The van der Waals surface area contributed by atoms with Crippen LogP contribution in [0.3, 0.4) is 0 Å². The number of aliphatic hydroxyl groups is 7. The standard InChI is InChI=1S/C41H66O13/c1-20-27(45)29(47)31(53-32-30(48)28(46)21(43)18-50-32)33(51-20)52-26-9-10-37(5)22(35(26,2)3)8-11-38(6)23(37)16-25(44)41-24-17-36(4,19-42)12-14-40(24,34(49)54-41)15-13-39(38,41)7/h20-33,42-48H,8-19H2,1-7H3/t20-,21+,22-,23+,24+,25+,26-,27-,28-,29+,30+,31+,32-,33-,36-,37-,38+,39-,40-,41+/m0/s1. The van der Waals surface area contributed by atoms with Crippen molar-refractivity contribution in [2.75, 3.05) is 13.2 Å². The first kappa shape index (κ1) is 39.8. The number of aliphatic hydroxyl groups excluding tert-OH is 7. The van der Waals surface area contributed by atoms with Crippen LogP contribution in [0.1, 0.15) is 113 Å². The number of fused-ring (bicyclic) bond motifs is 4. The molecule has 3 saturated heterocycles. The first-order chi connectivity index (χ1) is 25.2. The molecular formula is C41H66O13. The molecule has 0 aromatic carbocycles. The summed E-state index contributed by atoms with van der Waals surface area (Å²) >= 11 is 0. The molecule has 0 radical (unpaired) electrons. The SMILES string of the molecule is C[C@@H]1O[C@@H](O[C@H]2CC[C@]3(C)[C@H]4C[C@@H](O)[C@]56OC(=O)[C@@]7(CC[C@](C)(CO)C[C@H]75)CC[C@@]6(C)[C@]4(C)CC[C@H]3C2(C)C)[C@H](O[C@@H]2OC[C@@H](O)[C@H](O)[C@H]2O)[C@H](O)[C@H]1O. The Kier molecular flexibility index (Phi) is 9.42. The zero-order valence-corrected chi connectivity index (χ0v) is 33.1. The van der Waals surface area contributed by atoms with Crippen molar-refractivity contribution in [3.05, 3.63) is 0 Å². The molecule has 308 valence electrons. The van der Waals surface area contributed by atoms with E-state index in [2.05, 4.69) is 41.5 Å². The lowest BCUT2D eigenvalue weighted by atomic mass is 9.30. The van der Waals surface area contributed by atoms with Gasteiger partial charge in [-0.15, -0.1) is 0 Å². The second kappa shape index (κ2) is 12.8. The highest BCUT2D eigenvalue weighted by atomic mass is 16.8. The van der Waals surface area contributed by atoms with Crippen LogP contribution in [0.25, 0.3) is 0 Å². The summed E-state index contributed by atoms with van der Waals surface area (Å²) in [7, 11) is 0. The molecule has 8 fully saturated rings. The molecule has 0 aromatic heterocycles. The van der Waals surface area contributed by atoms with Crippen molar-refractivity contribution in [3.63, 3.8) is 0 Å². The molecule has 8 aliphatic rings. The van der Waals surface area contributed by atoms with Crippen molar-refractivity contribution in [1.82, 2.24) is 0 Å². The van der Waals surface area contributed by atoms with Crippen molar-refractivity contribution in [3.8, 4) is 0 Å². The molecule has 7 N–H and O–H groups in total. The highest BCUT2D eigenvalue weighted by Gasteiger charge is 2.83. The van der Waals surface area contributed by atoms with Crippen LogP contribution in [-0.2, 0) is 28.5 Å². The molecule has 3 aliphatic heterocycles. The van der Waals surface area contributed by atoms with Gasteiger partial charge in [0.2, 0.25) is 0 Å². The third kappa shape index (κ3) is 5.05. The summed E-state index contributed by atoms with van der Waals surface area (Å²) < 4.78 is 31.1. The summed E-state index contributed by atoms with van der Waals surface area (Å²) in [5.41, 5.74) is -3.19. The van der Waals surface area contributed by atoms with Crippen LogP contribution in [0.2, 0.25) is 0 Å². The Hall–Kier alpha value is -0.970. The van der Waals surface area contributed by atoms with E-state index < -0.39 is 83.3 Å². The summed E-state index contributed by atoms with van der Waals surface area (Å²) in [4.78, 5) is 14.0. The summed E-state index contributed by atoms with van der Waals surface area (Å²) in [6, 6.07) is 0. The van der Waals surface area contributed by atoms with E-state index in [1.165, 1.54) is 0 Å². The van der Waals surface area contributed by atoms with E-state index in [1.54, 1.807) is 6.92 Å². The van der Waals surface area contributed by atoms with Crippen molar-refractivity contribution in [1.29, 1.82) is 0 Å². The fraction of sp³-hybridized carbons (Fsp3) is 0.976. The number of esters is 1. The molecule has 0 unspecified atom stereocenters. The largest absolute Gasteiger partial charge is 0.455 e. The van der Waals surface area contributed by atoms with Gasteiger partial charge in [0.25, 0.3) is 0 Å². The lowest BCUT2D eigenvalue weighted by molar-refractivity contribution is -0.369. The Morgan fingerprint density at radius 2 is 1.46 bits per heavy atom. The molecule has 5 aliphatic carbocycles. The van der Waals surface area contributed by atoms with E-state index in [-0.39, 0.29) is 59.3 Å². The number of carbonyl (C=O) groups excluding carboxylic acids is 1. The first-order valence-electron chi connectivity index (χ1n) is 20.7. The Bertz CT molecular complexity index is 1480. The Morgan fingerprint density at radius 3 is 2.17 bits per heavy atom. The lowest BCUT2D eigenvalue weighted by Gasteiger charge is -2.74. The molecule has 20 atom stereocenters. The molecule has 13 heteroatoms. The van der Waals surface area contributed by atoms with Crippen LogP contribution in [0.15, 0.2) is 0 Å². The van der Waals surface area contributed by atoms with Gasteiger partial charge < -0.3 is 59.4 Å². The topological polar surface area (TPSA) is 205 Å². The molecule has 0 amide bonds. The van der Waals surface area contributed by atoms with E-state index in [0.717, 1.165) is 38.5 Å². The number of ether oxygens (including phenoxy) is 5. The van der Waals surface area contributed by atoms with Crippen LogP contribution in [0.4, 0.5) is 0 Å². The minimum absolute atomic E-state index is 0.0510. The second-order valence-corrected chi connectivity index (χ2v) is 20.7. The number of rotatable bonds is 5. The van der Waals surface area contributed by atoms with Crippen LogP contribution in [0.5, 0.6) is 0 Å². The molecular weight excluding hydrogens is 700 g/mol. The predicted molar refractivity (Wildman–Crippen MR) is 191 cm³/mol. The van der Waals surface area contributed by atoms with Gasteiger partial charge in [-0.2, -0.15) is 0 Å². The maximum Gasteiger partial charge on any atom is 0.313 e. The van der Waals surface area contributed by atoms with Crippen molar-refractivity contribution < 1.29 is 64.2 Å². The van der Waals surface area contributed by atoms with Gasteiger partial charge in [0.1, 0.15) is 42.2 Å². The van der Waals surface area contributed by atoms with Gasteiger partial charge in [-0.05, 0) is 105 Å². The van der Waals surface area contributed by atoms with Gasteiger partial charge in [-0.1, -0.05) is 41.5 Å². The zero-order chi connectivity index (χ0) is 39.2. The lowest BCUT2D eigenvalue weighted by Crippen LogP contribution is -2.76. The Labute approximate surface area is 319 Å². The van der Waals surface area contributed by atoms with E-state index in [1.807, 2.05) is 0 Å². The second-order valence-electron chi connectivity index (χ2n) is 20.7. The zero-order valence-electron chi connectivity index (χ0n) is 33.1. The van der Waals surface area contributed by atoms with E-state index in [9.17, 15) is 40.5 Å². The first-order valence-corrected chi connectivity index (χ1v) is 20.7. The van der Waals surface area contributed by atoms with Gasteiger partial charge in [-0.3, -0.25) is 4.79 Å². The van der Waals surface area contributed by atoms with Crippen molar-refractivity contribution >= 4 is 5.97 Å². The summed E-state index contributed by atoms with van der Waals surface area (Å²) in [6.07, 6.45) is -5.39. The van der Waals surface area contributed by atoms with Gasteiger partial charge in [-0.25, -0.2) is 0 Å². The third-order valence-electron chi connectivity index (χ3n) is 18.1. The van der Waals surface area contributed by atoms with Crippen LogP contribution >= 0.6 is 0 Å². The van der Waals surface area contributed by atoms with Gasteiger partial charge in [0.05, 0.1) is 30.3 Å². The minimum Gasteiger partial charge on any atom is -0.455 e. The van der Waals surface area contributed by atoms with Gasteiger partial charge >= 0.3 is 5.97 Å². The monoisotopic (exact) mass is 766 g/mol. The van der Waals surface area contributed by atoms with Crippen LogP contribution < -0.4 is 0 Å². The number of hydrogen-bond acceptors (Lipinski definition) is 13. The molecule has 5 saturated carbocycles. The highest BCUT2D eigenvalue weighted by molar-refractivity contribution is 5.82. The van der Waals surface area contributed by atoms with E-state index >= 15 is 0 Å². The number of hydrogen-bond donors (Lipinski definition) is 7. The predicted octanol–water partition coefficient (Wildman–Crippen LogP) is 2.17. The molecule has 3 heterocycles. The fourth-order valence-electron chi connectivity index (χ4n) is 14.6. The molecule has 1 spiro atoms. The normalized spacial score (nSPS) is 59.3. The van der Waals surface area contributed by atoms with Gasteiger partial charge in [0, 0.05) is 17.9 Å². The Morgan fingerprint density at radius 1 is 0.759 bits per heavy atom. The van der Waals surface area contributed by atoms with Crippen molar-refractivity contribution in [2.24, 2.45) is 50.2 Å².